The Hall–Kier alpha value is -1.56. The molecule has 2 rings (SSSR count). The van der Waals surface area contributed by atoms with E-state index in [1.54, 1.807) is 0 Å². The first kappa shape index (κ1) is 10.9. The smallest absolute Gasteiger partial charge is 0.277 e. The molecule has 1 fully saturated rings. The van der Waals surface area contributed by atoms with Crippen LogP contribution in [0.4, 0.5) is 14.5 Å². The lowest BCUT2D eigenvalue weighted by Gasteiger charge is -2.38. The molecule has 0 unspecified atom stereocenters. The van der Waals surface area contributed by atoms with Crippen LogP contribution < -0.4 is 5.73 Å². The van der Waals surface area contributed by atoms with Crippen LogP contribution in [0.1, 0.15) is 24.8 Å². The van der Waals surface area contributed by atoms with Crippen molar-refractivity contribution in [3.63, 3.8) is 0 Å². The summed E-state index contributed by atoms with van der Waals surface area (Å²) < 4.78 is 26.0. The molecule has 0 amide bonds. The van der Waals surface area contributed by atoms with Gasteiger partial charge in [0.15, 0.2) is 11.6 Å². The lowest BCUT2D eigenvalue weighted by atomic mass is 9.72. The molecule has 4 nitrogen and oxygen atoms in total. The molecule has 0 spiro atoms. The van der Waals surface area contributed by atoms with Crippen molar-refractivity contribution in [3.05, 3.63) is 39.4 Å². The van der Waals surface area contributed by atoms with Gasteiger partial charge < -0.3 is 5.73 Å². The molecule has 0 radical (unpaired) electrons. The summed E-state index contributed by atoms with van der Waals surface area (Å²) in [6.07, 6.45) is 1.95. The summed E-state index contributed by atoms with van der Waals surface area (Å²) in [6, 6.07) is 1.43. The fraction of sp³-hybridized carbons (Fsp3) is 0.400. The van der Waals surface area contributed by atoms with Gasteiger partial charge in [0.2, 0.25) is 0 Å². The van der Waals surface area contributed by atoms with Crippen molar-refractivity contribution in [3.8, 4) is 0 Å². The normalized spacial score (nSPS) is 17.9. The van der Waals surface area contributed by atoms with Crippen molar-refractivity contribution >= 4 is 5.69 Å². The Morgan fingerprint density at radius 1 is 1.31 bits per heavy atom. The van der Waals surface area contributed by atoms with E-state index in [2.05, 4.69) is 0 Å². The predicted octanol–water partition coefficient (Wildman–Crippen LogP) is 2.21. The third-order valence-corrected chi connectivity index (χ3v) is 3.02. The summed E-state index contributed by atoms with van der Waals surface area (Å²) in [6.45, 7) is 0. The van der Waals surface area contributed by atoms with Crippen molar-refractivity contribution in [1.29, 1.82) is 0 Å². The molecule has 86 valence electrons. The first-order valence-electron chi connectivity index (χ1n) is 4.87. The van der Waals surface area contributed by atoms with Crippen LogP contribution in [-0.4, -0.2) is 4.92 Å². The lowest BCUT2D eigenvalue weighted by molar-refractivity contribution is -0.386. The Kier molecular flexibility index (Phi) is 2.38. The Bertz CT molecular complexity index is 458. The molecule has 0 saturated heterocycles. The summed E-state index contributed by atoms with van der Waals surface area (Å²) >= 11 is 0. The predicted molar refractivity (Wildman–Crippen MR) is 52.7 cm³/mol. The van der Waals surface area contributed by atoms with Gasteiger partial charge in [-0.2, -0.15) is 0 Å². The molecular formula is C10H10F2N2O2. The zero-order valence-electron chi connectivity index (χ0n) is 8.37. The van der Waals surface area contributed by atoms with E-state index in [0.29, 0.717) is 18.9 Å². The molecule has 0 bridgehead atoms. The average Bonchev–Trinajstić information content (AvgIpc) is 2.17. The van der Waals surface area contributed by atoms with E-state index in [1.807, 2.05) is 0 Å². The number of hydrogen-bond donors (Lipinski definition) is 1. The van der Waals surface area contributed by atoms with E-state index in [4.69, 9.17) is 5.73 Å². The number of benzene rings is 1. The first-order valence-corrected chi connectivity index (χ1v) is 4.87. The van der Waals surface area contributed by atoms with Crippen LogP contribution in [0.2, 0.25) is 0 Å². The molecule has 1 aliphatic rings. The van der Waals surface area contributed by atoms with Gasteiger partial charge in [-0.3, -0.25) is 10.1 Å². The molecule has 1 saturated carbocycles. The van der Waals surface area contributed by atoms with Gasteiger partial charge in [-0.15, -0.1) is 0 Å². The maximum atomic E-state index is 13.1. The van der Waals surface area contributed by atoms with Crippen LogP contribution >= 0.6 is 0 Å². The summed E-state index contributed by atoms with van der Waals surface area (Å²) in [5, 5.41) is 10.7. The first-order chi connectivity index (χ1) is 7.44. The number of nitro benzene ring substituents is 1. The zero-order chi connectivity index (χ0) is 11.9. The number of nitrogens with zero attached hydrogens (tertiary/aromatic N) is 1. The molecule has 16 heavy (non-hydrogen) atoms. The van der Waals surface area contributed by atoms with Gasteiger partial charge in [-0.05, 0) is 25.3 Å². The van der Waals surface area contributed by atoms with E-state index in [9.17, 15) is 18.9 Å². The highest BCUT2D eigenvalue weighted by Crippen LogP contribution is 2.43. The number of nitrogens with two attached hydrogens (primary N) is 1. The fourth-order valence-electron chi connectivity index (χ4n) is 1.91. The highest BCUT2D eigenvalue weighted by atomic mass is 19.2. The van der Waals surface area contributed by atoms with E-state index < -0.39 is 27.8 Å². The number of rotatable bonds is 2. The van der Waals surface area contributed by atoms with Gasteiger partial charge in [-0.1, -0.05) is 0 Å². The minimum absolute atomic E-state index is 0.0858. The van der Waals surface area contributed by atoms with Crippen LogP contribution in [0.25, 0.3) is 0 Å². The van der Waals surface area contributed by atoms with Crippen molar-refractivity contribution in [2.75, 3.05) is 0 Å². The zero-order valence-corrected chi connectivity index (χ0v) is 8.37. The minimum Gasteiger partial charge on any atom is -0.321 e. The summed E-state index contributed by atoms with van der Waals surface area (Å²) in [5.74, 6) is -2.32. The maximum Gasteiger partial charge on any atom is 0.277 e. The largest absolute Gasteiger partial charge is 0.321 e. The third kappa shape index (κ3) is 1.55. The Morgan fingerprint density at radius 3 is 2.31 bits per heavy atom. The molecule has 1 aromatic carbocycles. The van der Waals surface area contributed by atoms with E-state index in [-0.39, 0.29) is 5.56 Å². The van der Waals surface area contributed by atoms with Crippen LogP contribution in [0.15, 0.2) is 12.1 Å². The second-order valence-electron chi connectivity index (χ2n) is 4.05. The lowest BCUT2D eigenvalue weighted by Crippen LogP contribution is -2.43. The maximum absolute atomic E-state index is 13.1. The van der Waals surface area contributed by atoms with Crippen LogP contribution in [0, 0.1) is 21.7 Å². The van der Waals surface area contributed by atoms with E-state index in [0.717, 1.165) is 12.5 Å². The summed E-state index contributed by atoms with van der Waals surface area (Å²) in [7, 11) is 0. The summed E-state index contributed by atoms with van der Waals surface area (Å²) in [4.78, 5) is 10.0. The fourth-order valence-corrected chi connectivity index (χ4v) is 1.91. The standard InChI is InChI=1S/C10H10F2N2O2/c11-7-4-6(10(13)2-1-3-10)9(14(15)16)5-8(7)12/h4-5H,1-3,13H2. The molecule has 0 heterocycles. The molecule has 0 aliphatic heterocycles. The minimum atomic E-state index is -1.22. The van der Waals surface area contributed by atoms with E-state index >= 15 is 0 Å². The highest BCUT2D eigenvalue weighted by molar-refractivity contribution is 5.46. The van der Waals surface area contributed by atoms with Crippen molar-refractivity contribution in [2.45, 2.75) is 24.8 Å². The third-order valence-electron chi connectivity index (χ3n) is 3.02. The van der Waals surface area contributed by atoms with Gasteiger partial charge in [0.25, 0.3) is 5.69 Å². The van der Waals surface area contributed by atoms with Gasteiger partial charge >= 0.3 is 0 Å². The topological polar surface area (TPSA) is 69.2 Å². The second kappa shape index (κ2) is 3.48. The van der Waals surface area contributed by atoms with Crippen molar-refractivity contribution < 1.29 is 13.7 Å². The molecule has 2 N–H and O–H groups in total. The van der Waals surface area contributed by atoms with Crippen molar-refractivity contribution in [2.24, 2.45) is 5.73 Å². The number of hydrogen-bond acceptors (Lipinski definition) is 3. The van der Waals surface area contributed by atoms with E-state index in [1.165, 1.54) is 0 Å². The van der Waals surface area contributed by atoms with Crippen molar-refractivity contribution in [1.82, 2.24) is 0 Å². The quantitative estimate of drug-likeness (QED) is 0.623. The molecule has 1 aliphatic carbocycles. The molecule has 1 aromatic rings. The summed E-state index contributed by atoms with van der Waals surface area (Å²) in [5.41, 5.74) is 4.65. The molecule has 0 atom stereocenters. The number of halogens is 2. The Morgan fingerprint density at radius 2 is 1.88 bits per heavy atom. The van der Waals surface area contributed by atoms with Gasteiger partial charge in [0.05, 0.1) is 16.6 Å². The van der Waals surface area contributed by atoms with Gasteiger partial charge in [0.1, 0.15) is 0 Å². The van der Waals surface area contributed by atoms with Crippen LogP contribution in [-0.2, 0) is 5.54 Å². The molecular weight excluding hydrogens is 218 g/mol. The number of nitro groups is 1. The van der Waals surface area contributed by atoms with Crippen LogP contribution in [0.3, 0.4) is 0 Å². The Labute approximate surface area is 90.2 Å². The highest BCUT2D eigenvalue weighted by Gasteiger charge is 2.40. The average molecular weight is 228 g/mol. The monoisotopic (exact) mass is 228 g/mol. The van der Waals surface area contributed by atoms with Gasteiger partial charge in [-0.25, -0.2) is 8.78 Å². The SMILES string of the molecule is NC1(c2cc(F)c(F)cc2[N+](=O)[O-])CCC1. The Balaban J connectivity index is 2.58. The van der Waals surface area contributed by atoms with Crippen LogP contribution in [0.5, 0.6) is 0 Å². The van der Waals surface area contributed by atoms with Gasteiger partial charge in [0, 0.05) is 5.54 Å². The molecule has 6 heteroatoms. The molecule has 0 aromatic heterocycles. The second-order valence-corrected chi connectivity index (χ2v) is 4.05.